The Morgan fingerprint density at radius 1 is 1.30 bits per heavy atom. The number of benzene rings is 1. The predicted octanol–water partition coefficient (Wildman–Crippen LogP) is 3.56. The van der Waals surface area contributed by atoms with E-state index in [4.69, 9.17) is 0 Å². The summed E-state index contributed by atoms with van der Waals surface area (Å²) in [5, 5.41) is 0.959. The molecule has 1 fully saturated rings. The molecule has 3 heteroatoms. The molecule has 0 aliphatic carbocycles. The number of hydrogen-bond acceptors (Lipinski definition) is 2. The van der Waals surface area contributed by atoms with Gasteiger partial charge in [-0.2, -0.15) is 0 Å². The van der Waals surface area contributed by atoms with Crippen molar-refractivity contribution >= 4 is 16.8 Å². The minimum Gasteiger partial charge on any atom is -0.336 e. The molecule has 1 amide bonds. The molecule has 1 saturated heterocycles. The summed E-state index contributed by atoms with van der Waals surface area (Å²) in [6.45, 7) is 4.96. The number of carbonyl (C=O) groups is 1. The fourth-order valence-corrected chi connectivity index (χ4v) is 3.04. The maximum atomic E-state index is 12.9. The van der Waals surface area contributed by atoms with E-state index in [9.17, 15) is 4.79 Å². The minimum absolute atomic E-state index is 0.152. The lowest BCUT2D eigenvalue weighted by Crippen LogP contribution is -2.42. The first-order chi connectivity index (χ1) is 9.66. The van der Waals surface area contributed by atoms with Gasteiger partial charge in [-0.1, -0.05) is 18.2 Å². The van der Waals surface area contributed by atoms with Crippen molar-refractivity contribution in [2.45, 2.75) is 39.2 Å². The summed E-state index contributed by atoms with van der Waals surface area (Å²) in [6, 6.07) is 10.2. The fraction of sp³-hybridized carbons (Fsp3) is 0.412. The lowest BCUT2D eigenvalue weighted by molar-refractivity contribution is 0.0637. The van der Waals surface area contributed by atoms with Crippen molar-refractivity contribution < 1.29 is 4.79 Å². The van der Waals surface area contributed by atoms with Crippen molar-refractivity contribution in [3.63, 3.8) is 0 Å². The van der Waals surface area contributed by atoms with Crippen molar-refractivity contribution in [2.24, 2.45) is 0 Å². The number of pyridine rings is 1. The molecule has 3 nitrogen and oxygen atoms in total. The van der Waals surface area contributed by atoms with Crippen molar-refractivity contribution in [1.82, 2.24) is 9.88 Å². The molecule has 104 valence electrons. The molecule has 1 aromatic heterocycles. The Morgan fingerprint density at radius 2 is 2.10 bits per heavy atom. The van der Waals surface area contributed by atoms with E-state index in [1.54, 1.807) is 0 Å². The lowest BCUT2D eigenvalue weighted by atomic mass is 10.0. The third kappa shape index (κ3) is 2.28. The molecule has 1 aliphatic rings. The van der Waals surface area contributed by atoms with Crippen LogP contribution in [0.5, 0.6) is 0 Å². The second-order valence-electron chi connectivity index (χ2n) is 5.67. The maximum absolute atomic E-state index is 12.9. The number of para-hydroxylation sites is 1. The normalized spacial score (nSPS) is 19.3. The van der Waals surface area contributed by atoms with Crippen molar-refractivity contribution in [3.8, 4) is 0 Å². The van der Waals surface area contributed by atoms with Crippen LogP contribution >= 0.6 is 0 Å². The minimum atomic E-state index is 0.152. The average molecular weight is 268 g/mol. The Labute approximate surface area is 119 Å². The van der Waals surface area contributed by atoms with Gasteiger partial charge in [0.15, 0.2) is 0 Å². The van der Waals surface area contributed by atoms with Crippen molar-refractivity contribution in [2.75, 3.05) is 6.54 Å². The second-order valence-corrected chi connectivity index (χ2v) is 5.67. The van der Waals surface area contributed by atoms with Gasteiger partial charge in [0.25, 0.3) is 5.91 Å². The zero-order chi connectivity index (χ0) is 14.1. The van der Waals surface area contributed by atoms with E-state index in [0.717, 1.165) is 41.5 Å². The van der Waals surface area contributed by atoms with Crippen LogP contribution in [0, 0.1) is 6.92 Å². The number of hydrogen-bond donors (Lipinski definition) is 0. The van der Waals surface area contributed by atoms with Crippen LogP contribution in [0.2, 0.25) is 0 Å². The van der Waals surface area contributed by atoms with Crippen LogP contribution in [0.1, 0.15) is 42.2 Å². The molecular weight excluding hydrogens is 248 g/mol. The Kier molecular flexibility index (Phi) is 3.43. The molecule has 1 atom stereocenters. The Morgan fingerprint density at radius 3 is 2.90 bits per heavy atom. The highest BCUT2D eigenvalue weighted by molar-refractivity contribution is 6.06. The first-order valence-electron chi connectivity index (χ1n) is 7.34. The van der Waals surface area contributed by atoms with Crippen LogP contribution < -0.4 is 0 Å². The summed E-state index contributed by atoms with van der Waals surface area (Å²) < 4.78 is 0. The number of amides is 1. The van der Waals surface area contributed by atoms with E-state index in [-0.39, 0.29) is 5.91 Å². The summed E-state index contributed by atoms with van der Waals surface area (Å²) in [5.41, 5.74) is 2.60. The van der Waals surface area contributed by atoms with Gasteiger partial charge in [-0.3, -0.25) is 9.78 Å². The summed E-state index contributed by atoms with van der Waals surface area (Å²) >= 11 is 0. The van der Waals surface area contributed by atoms with Gasteiger partial charge in [0, 0.05) is 23.7 Å². The molecule has 2 aromatic rings. The van der Waals surface area contributed by atoms with E-state index < -0.39 is 0 Å². The molecule has 0 bridgehead atoms. The Bertz CT molecular complexity index is 650. The van der Waals surface area contributed by atoms with Crippen LogP contribution in [-0.2, 0) is 0 Å². The van der Waals surface area contributed by atoms with Crippen LogP contribution in [0.4, 0.5) is 0 Å². The number of rotatable bonds is 1. The molecular formula is C17H20N2O. The van der Waals surface area contributed by atoms with E-state index in [1.807, 2.05) is 42.2 Å². The topological polar surface area (TPSA) is 33.2 Å². The largest absolute Gasteiger partial charge is 0.336 e. The first-order valence-corrected chi connectivity index (χ1v) is 7.34. The fourth-order valence-electron chi connectivity index (χ4n) is 3.04. The summed E-state index contributed by atoms with van der Waals surface area (Å²) in [7, 11) is 0. The van der Waals surface area contributed by atoms with Crippen LogP contribution in [0.15, 0.2) is 30.3 Å². The molecule has 3 rings (SSSR count). The predicted molar refractivity (Wildman–Crippen MR) is 80.8 cm³/mol. The molecule has 1 aromatic carbocycles. The Balaban J connectivity index is 2.06. The third-order valence-corrected chi connectivity index (χ3v) is 4.14. The van der Waals surface area contributed by atoms with Gasteiger partial charge >= 0.3 is 0 Å². The monoisotopic (exact) mass is 268 g/mol. The Hall–Kier alpha value is -1.90. The second kappa shape index (κ2) is 5.23. The van der Waals surface area contributed by atoms with Gasteiger partial charge in [0.1, 0.15) is 0 Å². The molecule has 20 heavy (non-hydrogen) atoms. The summed E-state index contributed by atoms with van der Waals surface area (Å²) in [4.78, 5) is 19.4. The van der Waals surface area contributed by atoms with E-state index in [0.29, 0.717) is 6.04 Å². The van der Waals surface area contributed by atoms with Gasteiger partial charge in [0.05, 0.1) is 11.1 Å². The van der Waals surface area contributed by atoms with Crippen LogP contribution in [-0.4, -0.2) is 28.4 Å². The smallest absolute Gasteiger partial charge is 0.254 e. The van der Waals surface area contributed by atoms with Gasteiger partial charge in [-0.25, -0.2) is 0 Å². The average Bonchev–Trinajstić information content (AvgIpc) is 2.46. The first kappa shape index (κ1) is 13.1. The number of aryl methyl sites for hydroxylation is 1. The zero-order valence-corrected chi connectivity index (χ0v) is 12.1. The van der Waals surface area contributed by atoms with E-state index >= 15 is 0 Å². The number of piperidine rings is 1. The molecule has 0 spiro atoms. The number of aromatic nitrogens is 1. The number of carbonyl (C=O) groups excluding carboxylic acids is 1. The molecule has 2 heterocycles. The van der Waals surface area contributed by atoms with Gasteiger partial charge in [-0.15, -0.1) is 0 Å². The summed E-state index contributed by atoms with van der Waals surface area (Å²) in [6.07, 6.45) is 3.44. The van der Waals surface area contributed by atoms with Crippen LogP contribution in [0.25, 0.3) is 10.9 Å². The summed E-state index contributed by atoms with van der Waals surface area (Å²) in [5.74, 6) is 0.152. The maximum Gasteiger partial charge on any atom is 0.254 e. The number of nitrogens with zero attached hydrogens (tertiary/aromatic N) is 2. The molecule has 1 aliphatic heterocycles. The molecule has 0 N–H and O–H groups in total. The zero-order valence-electron chi connectivity index (χ0n) is 12.1. The molecule has 1 unspecified atom stereocenters. The quantitative estimate of drug-likeness (QED) is 0.792. The highest BCUT2D eigenvalue weighted by atomic mass is 16.2. The van der Waals surface area contributed by atoms with E-state index in [2.05, 4.69) is 11.9 Å². The standard InChI is InChI=1S/C17H20N2O/c1-12-11-15(14-8-3-4-9-16(14)18-12)17(20)19-10-6-5-7-13(19)2/h3-4,8-9,11,13H,5-7,10H2,1-2H3. The van der Waals surface area contributed by atoms with Gasteiger partial charge in [0.2, 0.25) is 0 Å². The lowest BCUT2D eigenvalue weighted by Gasteiger charge is -2.33. The third-order valence-electron chi connectivity index (χ3n) is 4.14. The van der Waals surface area contributed by atoms with Crippen LogP contribution in [0.3, 0.4) is 0 Å². The SMILES string of the molecule is Cc1cc(C(=O)N2CCCCC2C)c2ccccc2n1. The molecule has 0 radical (unpaired) electrons. The molecule has 0 saturated carbocycles. The number of likely N-dealkylation sites (tertiary alicyclic amines) is 1. The van der Waals surface area contributed by atoms with Gasteiger partial charge < -0.3 is 4.90 Å². The van der Waals surface area contributed by atoms with Crippen molar-refractivity contribution in [1.29, 1.82) is 0 Å². The highest BCUT2D eigenvalue weighted by Crippen LogP contribution is 2.24. The van der Waals surface area contributed by atoms with Gasteiger partial charge in [-0.05, 0) is 45.2 Å². The number of fused-ring (bicyclic) bond motifs is 1. The van der Waals surface area contributed by atoms with E-state index in [1.165, 1.54) is 6.42 Å². The highest BCUT2D eigenvalue weighted by Gasteiger charge is 2.25. The van der Waals surface area contributed by atoms with Crippen molar-refractivity contribution in [3.05, 3.63) is 41.6 Å².